The van der Waals surface area contributed by atoms with Crippen molar-refractivity contribution in [3.63, 3.8) is 0 Å². The summed E-state index contributed by atoms with van der Waals surface area (Å²) in [5.74, 6) is -0.912. The van der Waals surface area contributed by atoms with Crippen LogP contribution in [0.1, 0.15) is 32.3 Å². The van der Waals surface area contributed by atoms with Gasteiger partial charge in [-0.1, -0.05) is 49.3 Å². The zero-order chi connectivity index (χ0) is 18.2. The first-order valence-corrected chi connectivity index (χ1v) is 8.45. The molecule has 1 aromatic rings. The molecule has 0 aromatic heterocycles. The highest BCUT2D eigenvalue weighted by Crippen LogP contribution is 2.13. The third-order valence-corrected chi connectivity index (χ3v) is 3.82. The molecule has 1 unspecified atom stereocenters. The first-order chi connectivity index (χ1) is 12.0. The van der Waals surface area contributed by atoms with Gasteiger partial charge in [-0.3, -0.25) is 4.79 Å². The molecule has 0 spiro atoms. The Kier molecular flexibility index (Phi) is 7.42. The molecule has 2 atom stereocenters. The van der Waals surface area contributed by atoms with E-state index in [0.29, 0.717) is 25.2 Å². The van der Waals surface area contributed by atoms with Crippen molar-refractivity contribution in [2.24, 2.45) is 11.1 Å². The minimum Gasteiger partial charge on any atom is -0.426 e. The fourth-order valence-electron chi connectivity index (χ4n) is 2.55. The van der Waals surface area contributed by atoms with Gasteiger partial charge in [-0.2, -0.15) is 0 Å². The fourth-order valence-corrected chi connectivity index (χ4v) is 2.55. The van der Waals surface area contributed by atoms with Gasteiger partial charge in [0.2, 0.25) is 6.10 Å². The summed E-state index contributed by atoms with van der Waals surface area (Å²) in [5, 5.41) is 25.3. The number of amides is 1. The Morgan fingerprint density at radius 1 is 1.36 bits per heavy atom. The summed E-state index contributed by atoms with van der Waals surface area (Å²) in [4.78, 5) is 17.4. The van der Waals surface area contributed by atoms with Crippen LogP contribution >= 0.6 is 0 Å². The van der Waals surface area contributed by atoms with Crippen LogP contribution in [0.3, 0.4) is 0 Å². The van der Waals surface area contributed by atoms with E-state index in [1.807, 2.05) is 44.2 Å². The first-order valence-electron chi connectivity index (χ1n) is 8.45. The Morgan fingerprint density at radius 3 is 2.72 bits per heavy atom. The number of ether oxygens (including phenoxy) is 1. The average molecular weight is 348 g/mol. The highest BCUT2D eigenvalue weighted by atomic mass is 16.6. The van der Waals surface area contributed by atoms with Gasteiger partial charge in [-0.05, 0) is 17.9 Å². The molecule has 0 fully saturated rings. The van der Waals surface area contributed by atoms with Gasteiger partial charge in [-0.15, -0.1) is 0 Å². The van der Waals surface area contributed by atoms with E-state index in [2.05, 4.69) is 10.5 Å². The molecule has 0 bridgehead atoms. The molecule has 1 aliphatic rings. The SMILES string of the molecule is CC(C)C[C@H](NC(=O)C1CC(COCc2ccccc2)=NO1)B(O)O. The summed E-state index contributed by atoms with van der Waals surface area (Å²) in [5.41, 5.74) is 1.71. The van der Waals surface area contributed by atoms with Crippen LogP contribution < -0.4 is 5.32 Å². The van der Waals surface area contributed by atoms with Crippen molar-refractivity contribution in [1.82, 2.24) is 5.32 Å². The second-order valence-electron chi connectivity index (χ2n) is 6.59. The lowest BCUT2D eigenvalue weighted by atomic mass is 9.75. The molecule has 8 heteroatoms. The molecule has 25 heavy (non-hydrogen) atoms. The molecular formula is C17H25BN2O5. The number of rotatable bonds is 9. The van der Waals surface area contributed by atoms with E-state index in [4.69, 9.17) is 9.57 Å². The lowest BCUT2D eigenvalue weighted by Crippen LogP contribution is -2.50. The Balaban J connectivity index is 1.73. The van der Waals surface area contributed by atoms with Crippen LogP contribution in [0.15, 0.2) is 35.5 Å². The van der Waals surface area contributed by atoms with Gasteiger partial charge in [0.15, 0.2) is 0 Å². The predicted molar refractivity (Wildman–Crippen MR) is 94.6 cm³/mol. The van der Waals surface area contributed by atoms with Gasteiger partial charge in [-0.25, -0.2) is 0 Å². The van der Waals surface area contributed by atoms with E-state index in [9.17, 15) is 14.8 Å². The molecule has 7 nitrogen and oxygen atoms in total. The van der Waals surface area contributed by atoms with Crippen LogP contribution in [0.4, 0.5) is 0 Å². The number of carbonyl (C=O) groups is 1. The topological polar surface area (TPSA) is 100 Å². The maximum atomic E-state index is 12.2. The molecule has 0 saturated carbocycles. The van der Waals surface area contributed by atoms with Gasteiger partial charge < -0.3 is 24.9 Å². The third-order valence-electron chi connectivity index (χ3n) is 3.82. The lowest BCUT2D eigenvalue weighted by Gasteiger charge is -2.20. The van der Waals surface area contributed by atoms with Crippen molar-refractivity contribution >= 4 is 18.7 Å². The number of carbonyl (C=O) groups excluding carboxylic acids is 1. The van der Waals surface area contributed by atoms with Crippen LogP contribution in [0.5, 0.6) is 0 Å². The normalized spacial score (nSPS) is 17.8. The zero-order valence-electron chi connectivity index (χ0n) is 14.6. The quantitative estimate of drug-likeness (QED) is 0.576. The maximum Gasteiger partial charge on any atom is 0.475 e. The number of nitrogens with zero attached hydrogens (tertiary/aromatic N) is 1. The Hall–Kier alpha value is -1.90. The third kappa shape index (κ3) is 6.49. The minimum atomic E-state index is -1.61. The Morgan fingerprint density at radius 2 is 2.08 bits per heavy atom. The van der Waals surface area contributed by atoms with Gasteiger partial charge >= 0.3 is 7.12 Å². The molecule has 0 saturated heterocycles. The minimum absolute atomic E-state index is 0.217. The van der Waals surface area contributed by atoms with Crippen LogP contribution in [0.2, 0.25) is 0 Å². The van der Waals surface area contributed by atoms with E-state index in [1.54, 1.807) is 0 Å². The largest absolute Gasteiger partial charge is 0.475 e. The Labute approximate surface area is 148 Å². The molecular weight excluding hydrogens is 323 g/mol. The van der Waals surface area contributed by atoms with Crippen LogP contribution in [-0.4, -0.2) is 47.4 Å². The van der Waals surface area contributed by atoms with Crippen LogP contribution in [0, 0.1) is 5.92 Å². The van der Waals surface area contributed by atoms with E-state index >= 15 is 0 Å². The Bertz CT molecular complexity index is 580. The molecule has 136 valence electrons. The standard InChI is InChI=1S/C17H25BN2O5/c1-12(2)8-16(18(22)23)19-17(21)15-9-14(20-25-15)11-24-10-13-6-4-3-5-7-13/h3-7,12,15-16,22-23H,8-11H2,1-2H3,(H,19,21)/t15?,16-/m0/s1. The molecule has 2 rings (SSSR count). The molecule has 0 aliphatic carbocycles. The average Bonchev–Trinajstić information content (AvgIpc) is 3.03. The summed E-state index contributed by atoms with van der Waals surface area (Å²) in [6.45, 7) is 4.64. The van der Waals surface area contributed by atoms with Crippen molar-refractivity contribution in [3.05, 3.63) is 35.9 Å². The molecule has 1 amide bonds. The van der Waals surface area contributed by atoms with Crippen molar-refractivity contribution in [2.75, 3.05) is 6.61 Å². The van der Waals surface area contributed by atoms with E-state index in [-0.39, 0.29) is 12.5 Å². The summed E-state index contributed by atoms with van der Waals surface area (Å²) in [6, 6.07) is 9.77. The monoisotopic (exact) mass is 348 g/mol. The van der Waals surface area contributed by atoms with Gasteiger partial charge in [0.25, 0.3) is 5.91 Å². The van der Waals surface area contributed by atoms with Crippen molar-refractivity contribution in [2.45, 2.75) is 45.3 Å². The second kappa shape index (κ2) is 9.55. The summed E-state index contributed by atoms with van der Waals surface area (Å²) >= 11 is 0. The highest BCUT2D eigenvalue weighted by molar-refractivity contribution is 6.43. The smallest absolute Gasteiger partial charge is 0.426 e. The van der Waals surface area contributed by atoms with Crippen molar-refractivity contribution in [3.8, 4) is 0 Å². The molecule has 1 heterocycles. The van der Waals surface area contributed by atoms with E-state index < -0.39 is 25.1 Å². The second-order valence-corrected chi connectivity index (χ2v) is 6.59. The zero-order valence-corrected chi connectivity index (χ0v) is 14.6. The van der Waals surface area contributed by atoms with Crippen molar-refractivity contribution in [1.29, 1.82) is 0 Å². The first kappa shape index (κ1) is 19.4. The molecule has 1 aliphatic heterocycles. The molecule has 3 N–H and O–H groups in total. The number of hydrogen-bond acceptors (Lipinski definition) is 6. The number of oxime groups is 1. The predicted octanol–water partition coefficient (Wildman–Crippen LogP) is 0.891. The number of hydrogen-bond donors (Lipinski definition) is 3. The summed E-state index contributed by atoms with van der Waals surface area (Å²) < 4.78 is 5.58. The summed E-state index contributed by atoms with van der Waals surface area (Å²) in [7, 11) is -1.61. The van der Waals surface area contributed by atoms with Crippen LogP contribution in [-0.2, 0) is 21.0 Å². The maximum absolute atomic E-state index is 12.2. The van der Waals surface area contributed by atoms with Gasteiger partial charge in [0, 0.05) is 6.42 Å². The number of nitrogens with one attached hydrogen (secondary N) is 1. The molecule has 1 aromatic carbocycles. The summed E-state index contributed by atoms with van der Waals surface area (Å²) in [6.07, 6.45) is 0.0318. The van der Waals surface area contributed by atoms with E-state index in [0.717, 1.165) is 5.56 Å². The van der Waals surface area contributed by atoms with Crippen molar-refractivity contribution < 1.29 is 24.4 Å². The lowest BCUT2D eigenvalue weighted by molar-refractivity contribution is -0.131. The number of benzene rings is 1. The van der Waals surface area contributed by atoms with Gasteiger partial charge in [0.1, 0.15) is 0 Å². The molecule has 0 radical (unpaired) electrons. The van der Waals surface area contributed by atoms with Crippen LogP contribution in [0.25, 0.3) is 0 Å². The van der Waals surface area contributed by atoms with E-state index in [1.165, 1.54) is 0 Å². The fraction of sp³-hybridized carbons (Fsp3) is 0.529. The highest BCUT2D eigenvalue weighted by Gasteiger charge is 2.33. The van der Waals surface area contributed by atoms with Gasteiger partial charge in [0.05, 0.1) is 24.9 Å².